The van der Waals surface area contributed by atoms with Crippen LogP contribution in [0.2, 0.25) is 0 Å². The topological polar surface area (TPSA) is 20.2 Å². The van der Waals surface area contributed by atoms with E-state index in [4.69, 9.17) is 0 Å². The third kappa shape index (κ3) is 1.84. The van der Waals surface area contributed by atoms with E-state index in [1.807, 2.05) is 0 Å². The molecule has 2 atom stereocenters. The average molecular weight is 140 g/mol. The van der Waals surface area contributed by atoms with Gasteiger partial charge in [-0.15, -0.1) is 0 Å². The largest absolute Gasteiger partial charge is 0.392 e. The molecule has 0 saturated heterocycles. The zero-order chi connectivity index (χ0) is 7.56. The highest BCUT2D eigenvalue weighted by Gasteiger charge is 2.33. The van der Waals surface area contributed by atoms with Gasteiger partial charge in [0.15, 0.2) is 0 Å². The molecule has 1 aliphatic rings. The minimum absolute atomic E-state index is 0.0903. The quantitative estimate of drug-likeness (QED) is 0.593. The van der Waals surface area contributed by atoms with Crippen molar-refractivity contribution in [2.24, 2.45) is 5.92 Å². The Labute approximate surface area is 62.8 Å². The van der Waals surface area contributed by atoms with Crippen molar-refractivity contribution in [3.05, 3.63) is 12.2 Å². The minimum Gasteiger partial charge on any atom is -0.392 e. The van der Waals surface area contributed by atoms with Crippen LogP contribution in [0.15, 0.2) is 12.2 Å². The van der Waals surface area contributed by atoms with Crippen LogP contribution in [-0.4, -0.2) is 11.2 Å². The molecule has 10 heavy (non-hydrogen) atoms. The van der Waals surface area contributed by atoms with E-state index in [-0.39, 0.29) is 6.10 Å². The first-order valence-corrected chi connectivity index (χ1v) is 4.11. The Kier molecular flexibility index (Phi) is 2.50. The molecule has 1 nitrogen and oxygen atoms in total. The second-order valence-corrected chi connectivity index (χ2v) is 3.18. The van der Waals surface area contributed by atoms with E-state index in [1.54, 1.807) is 0 Å². The Morgan fingerprint density at radius 3 is 2.80 bits per heavy atom. The smallest absolute Gasteiger partial charge is 0.0608 e. The molecule has 1 heteroatoms. The van der Waals surface area contributed by atoms with Gasteiger partial charge in [-0.25, -0.2) is 0 Å². The maximum atomic E-state index is 9.43. The van der Waals surface area contributed by atoms with Crippen LogP contribution in [0, 0.1) is 5.92 Å². The lowest BCUT2D eigenvalue weighted by Crippen LogP contribution is -2.08. The molecule has 0 aromatic rings. The molecule has 0 aromatic heterocycles. The van der Waals surface area contributed by atoms with Crippen molar-refractivity contribution in [2.45, 2.75) is 38.7 Å². The Bertz CT molecular complexity index is 129. The molecule has 58 valence electrons. The fourth-order valence-corrected chi connectivity index (χ4v) is 1.25. The van der Waals surface area contributed by atoms with Gasteiger partial charge >= 0.3 is 0 Å². The van der Waals surface area contributed by atoms with Crippen LogP contribution in [-0.2, 0) is 0 Å². The van der Waals surface area contributed by atoms with E-state index in [9.17, 15) is 5.11 Å². The standard InChI is InChI=1S/C9H16O/c1-3-4-5-9(10)8-6-7(8)2/h8-10H,2-6H2,1H3/t8-,9-/m0/s1. The average Bonchev–Trinajstić information content (AvgIpc) is 2.62. The summed E-state index contributed by atoms with van der Waals surface area (Å²) in [5.74, 6) is 0.451. The van der Waals surface area contributed by atoms with E-state index in [0.717, 1.165) is 19.3 Å². The fraction of sp³-hybridized carbons (Fsp3) is 0.778. The number of hydrogen-bond acceptors (Lipinski definition) is 1. The molecule has 1 saturated carbocycles. The number of aliphatic hydroxyl groups is 1. The molecule has 0 bridgehead atoms. The minimum atomic E-state index is -0.0903. The SMILES string of the molecule is C=C1C[C@@H]1[C@@H](O)CCCC. The van der Waals surface area contributed by atoms with E-state index < -0.39 is 0 Å². The van der Waals surface area contributed by atoms with Crippen molar-refractivity contribution in [1.29, 1.82) is 0 Å². The van der Waals surface area contributed by atoms with Gasteiger partial charge in [0.05, 0.1) is 6.10 Å². The van der Waals surface area contributed by atoms with Gasteiger partial charge in [-0.2, -0.15) is 0 Å². The first-order chi connectivity index (χ1) is 4.75. The molecule has 0 radical (unpaired) electrons. The summed E-state index contributed by atoms with van der Waals surface area (Å²) in [6.07, 6.45) is 4.25. The molecular weight excluding hydrogens is 124 g/mol. The van der Waals surface area contributed by atoms with Gasteiger partial charge in [0.25, 0.3) is 0 Å². The second-order valence-electron chi connectivity index (χ2n) is 3.18. The predicted molar refractivity (Wildman–Crippen MR) is 42.8 cm³/mol. The van der Waals surface area contributed by atoms with Crippen LogP contribution in [0.4, 0.5) is 0 Å². The third-order valence-electron chi connectivity index (χ3n) is 2.16. The monoisotopic (exact) mass is 140 g/mol. The van der Waals surface area contributed by atoms with Crippen molar-refractivity contribution >= 4 is 0 Å². The van der Waals surface area contributed by atoms with Crippen LogP contribution in [0.5, 0.6) is 0 Å². The van der Waals surface area contributed by atoms with Gasteiger partial charge in [-0.3, -0.25) is 0 Å². The van der Waals surface area contributed by atoms with Crippen LogP contribution in [0.25, 0.3) is 0 Å². The van der Waals surface area contributed by atoms with Crippen molar-refractivity contribution in [3.63, 3.8) is 0 Å². The zero-order valence-electron chi connectivity index (χ0n) is 6.64. The molecule has 1 aliphatic carbocycles. The number of hydrogen-bond donors (Lipinski definition) is 1. The lowest BCUT2D eigenvalue weighted by atomic mass is 10.1. The summed E-state index contributed by atoms with van der Waals surface area (Å²) in [5.41, 5.74) is 1.24. The maximum absolute atomic E-state index is 9.43. The van der Waals surface area contributed by atoms with Gasteiger partial charge in [-0.1, -0.05) is 31.9 Å². The normalized spacial score (nSPS) is 26.6. The Hall–Kier alpha value is -0.300. The fourth-order valence-electron chi connectivity index (χ4n) is 1.25. The van der Waals surface area contributed by atoms with E-state index in [0.29, 0.717) is 5.92 Å². The van der Waals surface area contributed by atoms with Gasteiger partial charge in [-0.05, 0) is 12.8 Å². The molecule has 0 unspecified atom stereocenters. The van der Waals surface area contributed by atoms with Crippen LogP contribution < -0.4 is 0 Å². The third-order valence-corrected chi connectivity index (χ3v) is 2.16. The van der Waals surface area contributed by atoms with Gasteiger partial charge in [0.1, 0.15) is 0 Å². The summed E-state index contributed by atoms with van der Waals surface area (Å²) in [7, 11) is 0. The van der Waals surface area contributed by atoms with Crippen LogP contribution in [0.3, 0.4) is 0 Å². The van der Waals surface area contributed by atoms with Gasteiger partial charge in [0, 0.05) is 5.92 Å². The summed E-state index contributed by atoms with van der Waals surface area (Å²) in [4.78, 5) is 0. The molecule has 1 fully saturated rings. The van der Waals surface area contributed by atoms with Crippen LogP contribution >= 0.6 is 0 Å². The lowest BCUT2D eigenvalue weighted by molar-refractivity contribution is 0.143. The molecule has 0 spiro atoms. The second kappa shape index (κ2) is 3.20. The molecular formula is C9H16O. The summed E-state index contributed by atoms with van der Waals surface area (Å²) in [6.45, 7) is 5.96. The first-order valence-electron chi connectivity index (χ1n) is 4.11. The first kappa shape index (κ1) is 7.80. The maximum Gasteiger partial charge on any atom is 0.0608 e. The van der Waals surface area contributed by atoms with E-state index in [1.165, 1.54) is 12.0 Å². The molecule has 0 heterocycles. The number of rotatable bonds is 4. The molecule has 0 aromatic carbocycles. The van der Waals surface area contributed by atoms with Gasteiger partial charge in [0.2, 0.25) is 0 Å². The Morgan fingerprint density at radius 2 is 2.40 bits per heavy atom. The summed E-state index contributed by atoms with van der Waals surface area (Å²) >= 11 is 0. The summed E-state index contributed by atoms with van der Waals surface area (Å²) in [6, 6.07) is 0. The highest BCUT2D eigenvalue weighted by molar-refractivity contribution is 5.20. The zero-order valence-corrected chi connectivity index (χ0v) is 6.64. The molecule has 1 rings (SSSR count). The number of aliphatic hydroxyl groups excluding tert-OH is 1. The molecule has 0 aliphatic heterocycles. The van der Waals surface area contributed by atoms with E-state index in [2.05, 4.69) is 13.5 Å². The summed E-state index contributed by atoms with van der Waals surface area (Å²) in [5, 5.41) is 9.43. The Balaban J connectivity index is 2.10. The van der Waals surface area contributed by atoms with Crippen molar-refractivity contribution in [3.8, 4) is 0 Å². The Morgan fingerprint density at radius 1 is 1.80 bits per heavy atom. The van der Waals surface area contributed by atoms with E-state index >= 15 is 0 Å². The van der Waals surface area contributed by atoms with Gasteiger partial charge < -0.3 is 5.11 Å². The number of unbranched alkanes of at least 4 members (excludes halogenated alkanes) is 1. The highest BCUT2D eigenvalue weighted by Crippen LogP contribution is 2.40. The van der Waals surface area contributed by atoms with Crippen molar-refractivity contribution < 1.29 is 5.11 Å². The summed E-state index contributed by atoms with van der Waals surface area (Å²) < 4.78 is 0. The van der Waals surface area contributed by atoms with Crippen LogP contribution in [0.1, 0.15) is 32.6 Å². The predicted octanol–water partition coefficient (Wildman–Crippen LogP) is 2.11. The van der Waals surface area contributed by atoms with Crippen molar-refractivity contribution in [1.82, 2.24) is 0 Å². The van der Waals surface area contributed by atoms with Crippen molar-refractivity contribution in [2.75, 3.05) is 0 Å². The molecule has 1 N–H and O–H groups in total. The highest BCUT2D eigenvalue weighted by atomic mass is 16.3. The lowest BCUT2D eigenvalue weighted by Gasteiger charge is -2.05. The molecule has 0 amide bonds.